The molecule has 0 bridgehead atoms. The Morgan fingerprint density at radius 1 is 1.10 bits per heavy atom. The lowest BCUT2D eigenvalue weighted by Gasteiger charge is -2.47. The third-order valence-electron chi connectivity index (χ3n) is 6.27. The molecular weight excluding hydrogens is 260 g/mol. The summed E-state index contributed by atoms with van der Waals surface area (Å²) >= 11 is 0. The summed E-state index contributed by atoms with van der Waals surface area (Å²) in [6, 6.07) is 2.12. The van der Waals surface area contributed by atoms with Crippen LogP contribution in [0, 0.1) is 5.92 Å². The molecule has 3 fully saturated rings. The van der Waals surface area contributed by atoms with Crippen molar-refractivity contribution in [1.82, 2.24) is 10.2 Å². The Labute approximate surface area is 130 Å². The Morgan fingerprint density at radius 2 is 1.86 bits per heavy atom. The van der Waals surface area contributed by atoms with Gasteiger partial charge in [0.2, 0.25) is 0 Å². The lowest BCUT2D eigenvalue weighted by atomic mass is 9.77. The van der Waals surface area contributed by atoms with Gasteiger partial charge in [0.15, 0.2) is 0 Å². The molecule has 0 aromatic heterocycles. The van der Waals surface area contributed by atoms with E-state index < -0.39 is 0 Å². The highest BCUT2D eigenvalue weighted by Crippen LogP contribution is 2.36. The molecule has 4 atom stereocenters. The molecule has 0 saturated heterocycles. The van der Waals surface area contributed by atoms with Gasteiger partial charge in [0.1, 0.15) is 0 Å². The van der Waals surface area contributed by atoms with Crippen LogP contribution in [0.4, 0.5) is 0 Å². The highest BCUT2D eigenvalue weighted by atomic mass is 16.3. The second-order valence-electron chi connectivity index (χ2n) is 8.20. The van der Waals surface area contributed by atoms with Crippen LogP contribution in [-0.2, 0) is 0 Å². The molecule has 21 heavy (non-hydrogen) atoms. The molecule has 3 rings (SSSR count). The average molecular weight is 294 g/mol. The maximum atomic E-state index is 9.99. The first-order valence-corrected chi connectivity index (χ1v) is 9.22. The van der Waals surface area contributed by atoms with Crippen LogP contribution in [0.15, 0.2) is 0 Å². The standard InChI is InChI=1S/C18H34N2O/c1-14-5-3-6-16(11-14)20(2)17-7-4-10-18(12-17,13-21)19-15-8-9-15/h14-17,19,21H,3-13H2,1-2H3. The number of nitrogens with zero attached hydrogens (tertiary/aromatic N) is 1. The summed E-state index contributed by atoms with van der Waals surface area (Å²) in [5.41, 5.74) is 0.0125. The van der Waals surface area contributed by atoms with Crippen molar-refractivity contribution >= 4 is 0 Å². The maximum Gasteiger partial charge on any atom is 0.0613 e. The molecule has 0 spiro atoms. The minimum absolute atomic E-state index is 0.0125. The zero-order valence-corrected chi connectivity index (χ0v) is 14.0. The first-order chi connectivity index (χ1) is 10.1. The van der Waals surface area contributed by atoms with E-state index in [2.05, 4.69) is 24.2 Å². The van der Waals surface area contributed by atoms with Crippen LogP contribution >= 0.6 is 0 Å². The van der Waals surface area contributed by atoms with Crippen molar-refractivity contribution in [3.05, 3.63) is 0 Å². The summed E-state index contributed by atoms with van der Waals surface area (Å²) in [5.74, 6) is 0.891. The Hall–Kier alpha value is -0.120. The number of hydrogen-bond donors (Lipinski definition) is 2. The number of rotatable bonds is 5. The smallest absolute Gasteiger partial charge is 0.0613 e. The van der Waals surface area contributed by atoms with Gasteiger partial charge in [-0.15, -0.1) is 0 Å². The molecular formula is C18H34N2O. The van der Waals surface area contributed by atoms with Gasteiger partial charge in [-0.2, -0.15) is 0 Å². The van der Waals surface area contributed by atoms with E-state index >= 15 is 0 Å². The van der Waals surface area contributed by atoms with Gasteiger partial charge in [-0.3, -0.25) is 0 Å². The Morgan fingerprint density at radius 3 is 2.52 bits per heavy atom. The lowest BCUT2D eigenvalue weighted by Crippen LogP contribution is -2.57. The van der Waals surface area contributed by atoms with Crippen molar-refractivity contribution in [2.24, 2.45) is 5.92 Å². The van der Waals surface area contributed by atoms with E-state index in [1.165, 1.54) is 51.4 Å². The van der Waals surface area contributed by atoms with Crippen LogP contribution in [-0.4, -0.2) is 47.3 Å². The van der Waals surface area contributed by atoms with Crippen molar-refractivity contribution in [3.63, 3.8) is 0 Å². The fourth-order valence-corrected chi connectivity index (χ4v) is 4.73. The van der Waals surface area contributed by atoms with E-state index in [1.807, 2.05) is 0 Å². The molecule has 0 radical (unpaired) electrons. The van der Waals surface area contributed by atoms with Gasteiger partial charge in [0.25, 0.3) is 0 Å². The van der Waals surface area contributed by atoms with E-state index in [9.17, 15) is 5.11 Å². The number of aliphatic hydroxyl groups excluding tert-OH is 1. The molecule has 4 unspecified atom stereocenters. The lowest BCUT2D eigenvalue weighted by molar-refractivity contribution is 0.0376. The summed E-state index contributed by atoms with van der Waals surface area (Å²) in [6.45, 7) is 2.72. The van der Waals surface area contributed by atoms with Crippen molar-refractivity contribution in [2.45, 2.75) is 94.8 Å². The zero-order chi connectivity index (χ0) is 14.9. The number of hydrogen-bond acceptors (Lipinski definition) is 3. The summed E-state index contributed by atoms with van der Waals surface area (Å²) < 4.78 is 0. The first kappa shape index (κ1) is 15.8. The highest BCUT2D eigenvalue weighted by Gasteiger charge is 2.41. The number of nitrogens with one attached hydrogen (secondary N) is 1. The normalized spacial score (nSPS) is 41.4. The summed E-state index contributed by atoms with van der Waals surface area (Å²) in [4.78, 5) is 2.67. The van der Waals surface area contributed by atoms with Gasteiger partial charge in [-0.05, 0) is 64.3 Å². The Kier molecular flexibility index (Phi) is 4.92. The predicted octanol–water partition coefficient (Wildman–Crippen LogP) is 2.92. The van der Waals surface area contributed by atoms with Crippen LogP contribution < -0.4 is 5.32 Å². The molecule has 3 saturated carbocycles. The van der Waals surface area contributed by atoms with Crippen molar-refractivity contribution < 1.29 is 5.11 Å². The van der Waals surface area contributed by atoms with E-state index in [0.717, 1.165) is 24.8 Å². The third kappa shape index (κ3) is 3.80. The van der Waals surface area contributed by atoms with Gasteiger partial charge in [-0.25, -0.2) is 0 Å². The van der Waals surface area contributed by atoms with E-state index in [4.69, 9.17) is 0 Å². The summed E-state index contributed by atoms with van der Waals surface area (Å²) in [6.07, 6.45) is 13.0. The molecule has 2 N–H and O–H groups in total. The molecule has 122 valence electrons. The molecule has 0 aromatic carbocycles. The van der Waals surface area contributed by atoms with E-state index in [1.54, 1.807) is 0 Å². The predicted molar refractivity (Wildman–Crippen MR) is 87.4 cm³/mol. The second kappa shape index (κ2) is 6.55. The summed E-state index contributed by atoms with van der Waals surface area (Å²) in [5, 5.41) is 13.8. The highest BCUT2D eigenvalue weighted by molar-refractivity contribution is 5.01. The fraction of sp³-hybridized carbons (Fsp3) is 1.00. The van der Waals surface area contributed by atoms with Gasteiger partial charge < -0.3 is 15.3 Å². The minimum atomic E-state index is 0.0125. The first-order valence-electron chi connectivity index (χ1n) is 9.22. The topological polar surface area (TPSA) is 35.5 Å². The van der Waals surface area contributed by atoms with Crippen LogP contribution in [0.1, 0.15) is 71.1 Å². The Balaban J connectivity index is 1.61. The second-order valence-corrected chi connectivity index (χ2v) is 8.20. The van der Waals surface area contributed by atoms with E-state index in [-0.39, 0.29) is 5.54 Å². The largest absolute Gasteiger partial charge is 0.394 e. The fourth-order valence-electron chi connectivity index (χ4n) is 4.73. The third-order valence-corrected chi connectivity index (χ3v) is 6.27. The zero-order valence-electron chi connectivity index (χ0n) is 14.0. The average Bonchev–Trinajstić information content (AvgIpc) is 3.30. The van der Waals surface area contributed by atoms with Crippen LogP contribution in [0.5, 0.6) is 0 Å². The van der Waals surface area contributed by atoms with Crippen molar-refractivity contribution in [2.75, 3.05) is 13.7 Å². The summed E-state index contributed by atoms with van der Waals surface area (Å²) in [7, 11) is 2.35. The Bertz CT molecular complexity index is 344. The van der Waals surface area contributed by atoms with Crippen LogP contribution in [0.25, 0.3) is 0 Å². The SMILES string of the molecule is CC1CCCC(N(C)C2CCCC(CO)(NC3CC3)C2)C1. The van der Waals surface area contributed by atoms with Gasteiger partial charge in [-0.1, -0.05) is 19.8 Å². The molecule has 3 aliphatic carbocycles. The van der Waals surface area contributed by atoms with Crippen LogP contribution in [0.3, 0.4) is 0 Å². The van der Waals surface area contributed by atoms with Crippen molar-refractivity contribution in [1.29, 1.82) is 0 Å². The quantitative estimate of drug-likeness (QED) is 0.818. The molecule has 3 aliphatic rings. The monoisotopic (exact) mass is 294 g/mol. The minimum Gasteiger partial charge on any atom is -0.394 e. The maximum absolute atomic E-state index is 9.99. The molecule has 3 nitrogen and oxygen atoms in total. The van der Waals surface area contributed by atoms with E-state index in [0.29, 0.717) is 18.7 Å². The molecule has 3 heteroatoms. The van der Waals surface area contributed by atoms with Crippen molar-refractivity contribution in [3.8, 4) is 0 Å². The molecule has 0 heterocycles. The van der Waals surface area contributed by atoms with Gasteiger partial charge >= 0.3 is 0 Å². The molecule has 0 amide bonds. The molecule has 0 aromatic rings. The van der Waals surface area contributed by atoms with Gasteiger partial charge in [0, 0.05) is 23.7 Å². The molecule has 0 aliphatic heterocycles. The van der Waals surface area contributed by atoms with Gasteiger partial charge in [0.05, 0.1) is 6.61 Å². The number of aliphatic hydroxyl groups is 1. The van der Waals surface area contributed by atoms with Crippen LogP contribution in [0.2, 0.25) is 0 Å².